The van der Waals surface area contributed by atoms with E-state index in [9.17, 15) is 4.79 Å². The molecule has 0 bridgehead atoms. The fourth-order valence-electron chi connectivity index (χ4n) is 2.49. The molecule has 1 amide bonds. The van der Waals surface area contributed by atoms with Crippen LogP contribution >= 0.6 is 0 Å². The minimum atomic E-state index is 0.0242. The predicted octanol–water partition coefficient (Wildman–Crippen LogP) is 0.177. The van der Waals surface area contributed by atoms with Crippen molar-refractivity contribution in [1.82, 2.24) is 20.9 Å². The van der Waals surface area contributed by atoms with Gasteiger partial charge in [0.05, 0.1) is 13.2 Å². The summed E-state index contributed by atoms with van der Waals surface area (Å²) in [6.07, 6.45) is 0.436. The van der Waals surface area contributed by atoms with Gasteiger partial charge >= 0.3 is 0 Å². The Balaban J connectivity index is 2.31. The molecule has 3 N–H and O–H groups in total. The van der Waals surface area contributed by atoms with E-state index in [0.29, 0.717) is 13.0 Å². The molecule has 0 spiro atoms. The molecule has 7 nitrogen and oxygen atoms in total. The van der Waals surface area contributed by atoms with Crippen molar-refractivity contribution in [2.75, 3.05) is 46.4 Å². The van der Waals surface area contributed by atoms with Gasteiger partial charge in [-0.15, -0.1) is 0 Å². The monoisotopic (exact) mass is 327 g/mol. The normalized spacial score (nSPS) is 17.2. The van der Waals surface area contributed by atoms with Crippen molar-refractivity contribution in [3.05, 3.63) is 0 Å². The van der Waals surface area contributed by atoms with Crippen LogP contribution in [-0.2, 0) is 9.53 Å². The summed E-state index contributed by atoms with van der Waals surface area (Å²) in [5.41, 5.74) is 0.0242. The number of hydrogen-bond donors (Lipinski definition) is 3. The maximum absolute atomic E-state index is 11.6. The molecule has 7 heteroatoms. The van der Waals surface area contributed by atoms with Crippen molar-refractivity contribution in [2.45, 2.75) is 45.7 Å². The third-order valence-corrected chi connectivity index (χ3v) is 3.87. The first kappa shape index (κ1) is 19.7. The van der Waals surface area contributed by atoms with Crippen LogP contribution in [0.5, 0.6) is 0 Å². The third kappa shape index (κ3) is 7.65. The van der Waals surface area contributed by atoms with Gasteiger partial charge in [0.15, 0.2) is 5.96 Å². The fraction of sp³-hybridized carbons (Fsp3) is 0.875. The van der Waals surface area contributed by atoms with Crippen molar-refractivity contribution >= 4 is 11.9 Å². The molecule has 1 saturated heterocycles. The molecule has 1 fully saturated rings. The van der Waals surface area contributed by atoms with Crippen molar-refractivity contribution in [3.8, 4) is 0 Å². The Labute approximate surface area is 140 Å². The summed E-state index contributed by atoms with van der Waals surface area (Å²) in [5.74, 6) is 0.778. The van der Waals surface area contributed by atoms with Gasteiger partial charge in [-0.25, -0.2) is 0 Å². The summed E-state index contributed by atoms with van der Waals surface area (Å²) in [5, 5.41) is 9.41. The number of guanidine groups is 1. The highest BCUT2D eigenvalue weighted by Gasteiger charge is 2.28. The number of nitrogens with one attached hydrogen (secondary N) is 3. The molecule has 0 unspecified atom stereocenters. The Morgan fingerprint density at radius 3 is 2.48 bits per heavy atom. The molecule has 0 aromatic heterocycles. The lowest BCUT2D eigenvalue weighted by molar-refractivity contribution is -0.121. The molecule has 134 valence electrons. The molecule has 0 aliphatic carbocycles. The topological polar surface area (TPSA) is 78.0 Å². The molecule has 1 rings (SSSR count). The number of rotatable bonds is 7. The number of carbonyl (C=O) groups is 1. The fourth-order valence-corrected chi connectivity index (χ4v) is 2.49. The molecule has 1 aliphatic rings. The van der Waals surface area contributed by atoms with Crippen molar-refractivity contribution < 1.29 is 9.53 Å². The molecule has 0 saturated carbocycles. The largest absolute Gasteiger partial charge is 0.379 e. The lowest BCUT2D eigenvalue weighted by Crippen LogP contribution is -2.56. The van der Waals surface area contributed by atoms with Crippen LogP contribution in [0.15, 0.2) is 4.99 Å². The van der Waals surface area contributed by atoms with Crippen molar-refractivity contribution in [2.24, 2.45) is 4.99 Å². The Morgan fingerprint density at radius 1 is 1.26 bits per heavy atom. The quantitative estimate of drug-likeness (QED) is 0.459. The maximum atomic E-state index is 11.6. The Hall–Kier alpha value is -1.34. The molecular weight excluding hydrogens is 294 g/mol. The average molecular weight is 327 g/mol. The van der Waals surface area contributed by atoms with Gasteiger partial charge in [-0.3, -0.25) is 14.7 Å². The summed E-state index contributed by atoms with van der Waals surface area (Å²) >= 11 is 0. The first-order valence-corrected chi connectivity index (χ1v) is 8.42. The molecule has 1 heterocycles. The number of hydrogen-bond acceptors (Lipinski definition) is 4. The minimum Gasteiger partial charge on any atom is -0.379 e. The van der Waals surface area contributed by atoms with Crippen molar-refractivity contribution in [3.63, 3.8) is 0 Å². The van der Waals surface area contributed by atoms with Crippen LogP contribution in [-0.4, -0.2) is 74.8 Å². The molecular formula is C16H33N5O2. The Morgan fingerprint density at radius 2 is 1.91 bits per heavy atom. The zero-order valence-corrected chi connectivity index (χ0v) is 15.2. The number of morpholine rings is 1. The van der Waals surface area contributed by atoms with E-state index in [-0.39, 0.29) is 17.5 Å². The highest BCUT2D eigenvalue weighted by molar-refractivity contribution is 5.81. The van der Waals surface area contributed by atoms with E-state index in [1.807, 2.05) is 13.8 Å². The molecule has 0 radical (unpaired) electrons. The van der Waals surface area contributed by atoms with Gasteiger partial charge in [-0.2, -0.15) is 0 Å². The van der Waals surface area contributed by atoms with E-state index in [1.54, 1.807) is 7.05 Å². The average Bonchev–Trinajstić information content (AvgIpc) is 2.50. The highest BCUT2D eigenvalue weighted by Crippen LogP contribution is 2.14. The number of ether oxygens (including phenoxy) is 1. The van der Waals surface area contributed by atoms with Gasteiger partial charge in [-0.05, 0) is 27.7 Å². The second-order valence-electron chi connectivity index (χ2n) is 6.74. The molecule has 23 heavy (non-hydrogen) atoms. The Bertz CT molecular complexity index is 390. The van der Waals surface area contributed by atoms with E-state index in [0.717, 1.165) is 38.8 Å². The van der Waals surface area contributed by atoms with E-state index in [2.05, 4.69) is 39.7 Å². The van der Waals surface area contributed by atoms with Crippen molar-refractivity contribution in [1.29, 1.82) is 0 Å². The van der Waals surface area contributed by atoms with Crippen LogP contribution in [0.4, 0.5) is 0 Å². The lowest BCUT2D eigenvalue weighted by atomic mass is 10.0. The molecule has 0 aromatic rings. The second-order valence-corrected chi connectivity index (χ2v) is 6.74. The lowest BCUT2D eigenvalue weighted by Gasteiger charge is -2.41. The number of amides is 1. The first-order valence-electron chi connectivity index (χ1n) is 8.42. The summed E-state index contributed by atoms with van der Waals surface area (Å²) in [4.78, 5) is 18.3. The van der Waals surface area contributed by atoms with Gasteiger partial charge in [0.25, 0.3) is 0 Å². The standard InChI is InChI=1S/C16H33N5O2/c1-13(2)20-14(22)6-7-18-15(17-5)19-12-16(3,4)21-8-10-23-11-9-21/h13H,6-12H2,1-5H3,(H,20,22)(H2,17,18,19). The zero-order valence-electron chi connectivity index (χ0n) is 15.2. The number of nitrogens with zero attached hydrogens (tertiary/aromatic N) is 2. The van der Waals surface area contributed by atoms with Crippen LogP contribution in [0.1, 0.15) is 34.1 Å². The third-order valence-electron chi connectivity index (χ3n) is 3.87. The van der Waals surface area contributed by atoms with Crippen LogP contribution in [0, 0.1) is 0 Å². The summed E-state index contributed by atoms with van der Waals surface area (Å²) in [7, 11) is 1.74. The maximum Gasteiger partial charge on any atom is 0.221 e. The molecule has 1 aliphatic heterocycles. The highest BCUT2D eigenvalue weighted by atomic mass is 16.5. The van der Waals surface area contributed by atoms with Gasteiger partial charge in [0.1, 0.15) is 0 Å². The second kappa shape index (κ2) is 9.72. The van der Waals surface area contributed by atoms with Crippen LogP contribution in [0.3, 0.4) is 0 Å². The van der Waals surface area contributed by atoms with Gasteiger partial charge in [0.2, 0.25) is 5.91 Å². The Kier molecular flexibility index (Phi) is 8.33. The van der Waals surface area contributed by atoms with Crippen LogP contribution in [0.2, 0.25) is 0 Å². The van der Waals surface area contributed by atoms with Gasteiger partial charge < -0.3 is 20.7 Å². The summed E-state index contributed by atoms with van der Waals surface area (Å²) < 4.78 is 5.41. The minimum absolute atomic E-state index is 0.0242. The molecule has 0 aromatic carbocycles. The molecule has 0 atom stereocenters. The first-order chi connectivity index (χ1) is 10.8. The van der Waals surface area contributed by atoms with E-state index < -0.39 is 0 Å². The SMILES string of the molecule is CN=C(NCCC(=O)NC(C)C)NCC(C)(C)N1CCOCC1. The number of aliphatic imine (C=N–C) groups is 1. The van der Waals surface area contributed by atoms with E-state index >= 15 is 0 Å². The van der Waals surface area contributed by atoms with Gasteiger partial charge in [0, 0.05) is 51.2 Å². The summed E-state index contributed by atoms with van der Waals surface area (Å²) in [6.45, 7) is 13.2. The number of carbonyl (C=O) groups excluding carboxylic acids is 1. The predicted molar refractivity (Wildman–Crippen MR) is 93.7 cm³/mol. The smallest absolute Gasteiger partial charge is 0.221 e. The zero-order chi connectivity index (χ0) is 17.3. The summed E-state index contributed by atoms with van der Waals surface area (Å²) in [6, 6.07) is 0.175. The van der Waals surface area contributed by atoms with Crippen LogP contribution < -0.4 is 16.0 Å². The van der Waals surface area contributed by atoms with Gasteiger partial charge in [-0.1, -0.05) is 0 Å². The van der Waals surface area contributed by atoms with E-state index in [4.69, 9.17) is 4.74 Å². The van der Waals surface area contributed by atoms with E-state index in [1.165, 1.54) is 0 Å². The van der Waals surface area contributed by atoms with Crippen LogP contribution in [0.25, 0.3) is 0 Å².